The monoisotopic (exact) mass is 694 g/mol. The van der Waals surface area contributed by atoms with E-state index in [4.69, 9.17) is 9.47 Å². The third kappa shape index (κ3) is 3.93. The van der Waals surface area contributed by atoms with Crippen molar-refractivity contribution < 1.29 is 86.4 Å². The molecule has 31 heavy (non-hydrogen) atoms. The summed E-state index contributed by atoms with van der Waals surface area (Å²) in [5, 5.41) is 20.9. The van der Waals surface area contributed by atoms with Crippen molar-refractivity contribution in [1.82, 2.24) is 0 Å². The van der Waals surface area contributed by atoms with Crippen molar-refractivity contribution >= 4 is 69.7 Å². The van der Waals surface area contributed by atoms with Crippen LogP contribution >= 0.6 is 63.7 Å². The zero-order valence-electron chi connectivity index (χ0n) is 18.3. The Morgan fingerprint density at radius 1 is 1.13 bits per heavy atom. The van der Waals surface area contributed by atoms with Crippen molar-refractivity contribution in [3.63, 3.8) is 0 Å². The smallest absolute Gasteiger partial charge is 1.00 e. The molecule has 5 nitrogen and oxygen atoms in total. The Balaban J connectivity index is 0.00000136. The van der Waals surface area contributed by atoms with Gasteiger partial charge in [-0.15, -0.1) is 0 Å². The van der Waals surface area contributed by atoms with E-state index in [2.05, 4.69) is 63.7 Å². The number of aliphatic hydroxyl groups is 1. The van der Waals surface area contributed by atoms with Gasteiger partial charge < -0.3 is 22.5 Å². The maximum absolute atomic E-state index is 12.9. The number of carbonyl (C=O) groups excluding carboxylic acids is 1. The first-order valence-corrected chi connectivity index (χ1v) is 11.6. The van der Waals surface area contributed by atoms with E-state index in [9.17, 15) is 15.0 Å². The second kappa shape index (κ2) is 9.15. The van der Waals surface area contributed by atoms with E-state index in [1.807, 2.05) is 6.07 Å². The number of phenols is 1. The van der Waals surface area contributed by atoms with Gasteiger partial charge in [0.2, 0.25) is 0 Å². The molecule has 1 aliphatic carbocycles. The van der Waals surface area contributed by atoms with Crippen molar-refractivity contribution in [2.24, 2.45) is 0 Å². The minimum absolute atomic E-state index is 0. The molecule has 2 atom stereocenters. The quantitative estimate of drug-likeness (QED) is 0.231. The first kappa shape index (κ1) is 26.5. The number of ether oxygens (including phenoxy) is 2. The van der Waals surface area contributed by atoms with Crippen molar-refractivity contribution in [2.75, 3.05) is 0 Å². The standard InChI is InChI=1S/C20H10Br4O5.2Na.2H/c21-11-3-1-2-8-14(11)20(29-18(8)26)9-4-5-19(24,27)7-13(9)28-17-10(20)6-12(22)16(25)15(17)23;;;;/h1-6,25,27H,7H2;;;;/q;2*+1;2*-1. The SMILES string of the molecule is O=C1OC2(C3=C(CC(O)(Br)C=C3)Oc3c2cc(Br)c(O)c3Br)c2c(Br)cccc21.[H-].[H-].[Na+].[Na+]. The van der Waals surface area contributed by atoms with Gasteiger partial charge in [-0.2, -0.15) is 0 Å². The minimum Gasteiger partial charge on any atom is -1.00 e. The average Bonchev–Trinajstić information content (AvgIpc) is 2.95. The summed E-state index contributed by atoms with van der Waals surface area (Å²) < 4.78 is 12.3. The number of esters is 1. The van der Waals surface area contributed by atoms with Gasteiger partial charge in [-0.3, -0.25) is 0 Å². The molecule has 2 aliphatic heterocycles. The third-order valence-corrected chi connectivity index (χ3v) is 7.72. The van der Waals surface area contributed by atoms with Crippen LogP contribution in [0.4, 0.5) is 0 Å². The summed E-state index contributed by atoms with van der Waals surface area (Å²) in [5.74, 6) is 0.243. The average molecular weight is 698 g/mol. The molecule has 5 rings (SSSR count). The second-order valence-electron chi connectivity index (χ2n) is 6.90. The molecule has 2 unspecified atom stereocenters. The van der Waals surface area contributed by atoms with Gasteiger partial charge in [0, 0.05) is 22.0 Å². The number of phenolic OH excluding ortho intramolecular Hbond substituents is 1. The maximum Gasteiger partial charge on any atom is 1.00 e. The number of alkyl halides is 1. The van der Waals surface area contributed by atoms with Gasteiger partial charge in [-0.1, -0.05) is 28.1 Å². The van der Waals surface area contributed by atoms with Crippen LogP contribution in [0.15, 0.2) is 61.2 Å². The van der Waals surface area contributed by atoms with Crippen molar-refractivity contribution in [1.29, 1.82) is 0 Å². The molecule has 11 heteroatoms. The Kier molecular flexibility index (Phi) is 7.81. The van der Waals surface area contributed by atoms with Crippen molar-refractivity contribution in [3.05, 3.63) is 77.9 Å². The second-order valence-corrected chi connectivity index (χ2v) is 10.8. The van der Waals surface area contributed by atoms with Gasteiger partial charge in [-0.25, -0.2) is 4.79 Å². The van der Waals surface area contributed by atoms with Crippen LogP contribution < -0.4 is 63.9 Å². The Labute approximate surface area is 258 Å². The molecule has 2 N–H and O–H groups in total. The van der Waals surface area contributed by atoms with Crippen molar-refractivity contribution in [3.8, 4) is 11.5 Å². The third-order valence-electron chi connectivity index (χ3n) is 5.18. The van der Waals surface area contributed by atoms with Gasteiger partial charge in [-0.05, 0) is 72.1 Å². The molecule has 0 saturated heterocycles. The summed E-state index contributed by atoms with van der Waals surface area (Å²) in [6.07, 6.45) is 3.41. The first-order chi connectivity index (χ1) is 13.7. The normalized spacial score (nSPS) is 25.0. The Morgan fingerprint density at radius 2 is 1.84 bits per heavy atom. The Hall–Kier alpha value is 0.870. The predicted octanol–water partition coefficient (Wildman–Crippen LogP) is 0.0166. The van der Waals surface area contributed by atoms with Crippen LogP contribution in [0.2, 0.25) is 0 Å². The number of hydrogen-bond acceptors (Lipinski definition) is 5. The molecule has 1 spiro atoms. The maximum atomic E-state index is 12.9. The molecule has 152 valence electrons. The van der Waals surface area contributed by atoms with E-state index in [1.165, 1.54) is 0 Å². The molecular weight excluding hydrogens is 686 g/mol. The number of benzene rings is 2. The topological polar surface area (TPSA) is 76.0 Å². The van der Waals surface area contributed by atoms with E-state index >= 15 is 0 Å². The number of halogens is 4. The van der Waals surface area contributed by atoms with Crippen LogP contribution in [0.25, 0.3) is 0 Å². The minimum atomic E-state index is -1.30. The molecule has 0 bridgehead atoms. The molecule has 2 aromatic carbocycles. The zero-order valence-corrected chi connectivity index (χ0v) is 26.6. The van der Waals surface area contributed by atoms with Gasteiger partial charge in [0.05, 0.1) is 15.6 Å². The number of rotatable bonds is 0. The zero-order chi connectivity index (χ0) is 20.7. The molecular formula is C20H12Br4Na2O5. The van der Waals surface area contributed by atoms with Crippen LogP contribution in [0.5, 0.6) is 11.5 Å². The molecule has 2 heterocycles. The van der Waals surface area contributed by atoms with Crippen LogP contribution in [-0.2, 0) is 10.3 Å². The van der Waals surface area contributed by atoms with Gasteiger partial charge in [0.1, 0.15) is 20.5 Å². The fourth-order valence-electron chi connectivity index (χ4n) is 3.99. The van der Waals surface area contributed by atoms with Gasteiger partial charge >= 0.3 is 65.1 Å². The van der Waals surface area contributed by atoms with E-state index in [0.717, 1.165) is 0 Å². The summed E-state index contributed by atoms with van der Waals surface area (Å²) >= 11 is 13.6. The molecule has 0 amide bonds. The summed E-state index contributed by atoms with van der Waals surface area (Å²) in [7, 11) is 0. The molecule has 0 saturated carbocycles. The first-order valence-electron chi connectivity index (χ1n) is 8.41. The largest absolute Gasteiger partial charge is 1.00 e. The molecule has 0 radical (unpaired) electrons. The fraction of sp³-hybridized carbons (Fsp3) is 0.150. The van der Waals surface area contributed by atoms with Crippen LogP contribution in [0.1, 0.15) is 30.8 Å². The van der Waals surface area contributed by atoms with Gasteiger partial charge in [0.15, 0.2) is 11.4 Å². The Morgan fingerprint density at radius 3 is 2.55 bits per heavy atom. The summed E-state index contributed by atoms with van der Waals surface area (Å²) in [6.45, 7) is 0. The Bertz CT molecular complexity index is 1210. The summed E-state index contributed by atoms with van der Waals surface area (Å²) in [5.41, 5.74) is 0.950. The van der Waals surface area contributed by atoms with E-state index in [-0.39, 0.29) is 74.1 Å². The van der Waals surface area contributed by atoms with E-state index in [0.29, 0.717) is 47.2 Å². The van der Waals surface area contributed by atoms with Crippen LogP contribution in [0.3, 0.4) is 0 Å². The van der Waals surface area contributed by atoms with E-state index in [1.54, 1.807) is 30.4 Å². The molecule has 3 aliphatic rings. The fourth-order valence-corrected chi connectivity index (χ4v) is 6.22. The van der Waals surface area contributed by atoms with Crippen LogP contribution in [-0.4, -0.2) is 20.7 Å². The number of fused-ring (bicyclic) bond motifs is 5. The summed E-state index contributed by atoms with van der Waals surface area (Å²) in [6, 6.07) is 7.01. The molecule has 2 aromatic rings. The summed E-state index contributed by atoms with van der Waals surface area (Å²) in [4.78, 5) is 12.9. The predicted molar refractivity (Wildman–Crippen MR) is 121 cm³/mol. The van der Waals surface area contributed by atoms with E-state index < -0.39 is 16.1 Å². The van der Waals surface area contributed by atoms with Gasteiger partial charge in [0.25, 0.3) is 0 Å². The van der Waals surface area contributed by atoms with Crippen molar-refractivity contribution in [2.45, 2.75) is 16.5 Å². The number of carbonyl (C=O) groups is 1. The molecule has 0 fully saturated rings. The number of aromatic hydroxyl groups is 1. The number of hydrogen-bond donors (Lipinski definition) is 2. The van der Waals surface area contributed by atoms with Crippen LogP contribution in [0, 0.1) is 0 Å². The molecule has 0 aromatic heterocycles.